The first kappa shape index (κ1) is 21.5. The Morgan fingerprint density at radius 3 is 2.71 bits per heavy atom. The Bertz CT molecular complexity index is 669. The van der Waals surface area contributed by atoms with Crippen molar-refractivity contribution < 1.29 is 29.3 Å². The van der Waals surface area contributed by atoms with E-state index in [1.165, 1.54) is 5.56 Å². The van der Waals surface area contributed by atoms with Crippen LogP contribution in [0.1, 0.15) is 24.8 Å². The van der Waals surface area contributed by atoms with Gasteiger partial charge in [-0.2, -0.15) is 0 Å². The van der Waals surface area contributed by atoms with Gasteiger partial charge in [-0.1, -0.05) is 18.2 Å². The predicted molar refractivity (Wildman–Crippen MR) is 102 cm³/mol. The molecule has 0 aliphatic carbocycles. The van der Waals surface area contributed by atoms with Crippen molar-refractivity contribution >= 4 is 18.0 Å². The van der Waals surface area contributed by atoms with Crippen molar-refractivity contribution in [2.24, 2.45) is 0 Å². The van der Waals surface area contributed by atoms with Gasteiger partial charge in [0.25, 0.3) is 0 Å². The van der Waals surface area contributed by atoms with Gasteiger partial charge in [-0.3, -0.25) is 0 Å². The summed E-state index contributed by atoms with van der Waals surface area (Å²) in [6.07, 6.45) is 4.45. The number of hydrogen-bond donors (Lipinski definition) is 4. The van der Waals surface area contributed by atoms with E-state index < -0.39 is 11.9 Å². The summed E-state index contributed by atoms with van der Waals surface area (Å²) in [6.45, 7) is 4.32. The normalized spacial score (nSPS) is 18.1. The fraction of sp³-hybridized carbons (Fsp3) is 0.526. The third-order valence-corrected chi connectivity index (χ3v) is 4.51. The molecule has 0 saturated carbocycles. The third-order valence-electron chi connectivity index (χ3n) is 4.51. The minimum atomic E-state index is -1.82. The molecule has 4 N–H and O–H groups in total. The van der Waals surface area contributed by atoms with Gasteiger partial charge in [0, 0.05) is 26.2 Å². The highest BCUT2D eigenvalue weighted by molar-refractivity contribution is 6.27. The number of carboxylic acids is 2. The standard InChI is InChI=1S/C17H25N3O2.C2H2O4/c21-17-19-10-4-12-20(17)11-3-9-18-13-15-8-7-14-5-1-2-6-16(14)22-15;3-1(4)2(5)6/h1-2,5-6,15,18H,3-4,7-13H2,(H,19,21);(H,3,4)(H,5,6)/t15-;/m1./s1. The van der Waals surface area contributed by atoms with Gasteiger partial charge in [0.2, 0.25) is 0 Å². The number of nitrogens with zero attached hydrogens (tertiary/aromatic N) is 1. The molecule has 0 unspecified atom stereocenters. The first-order chi connectivity index (χ1) is 13.5. The molecule has 1 fully saturated rings. The number of benzene rings is 1. The molecule has 28 heavy (non-hydrogen) atoms. The number of aliphatic carboxylic acids is 2. The number of para-hydroxylation sites is 1. The minimum Gasteiger partial charge on any atom is -0.489 e. The number of hydrogen-bond acceptors (Lipinski definition) is 5. The van der Waals surface area contributed by atoms with Gasteiger partial charge in [-0.05, 0) is 43.9 Å². The SMILES string of the molecule is O=C(O)C(=O)O.O=C1NCCCN1CCCNC[C@H]1CCc2ccccc2O1. The summed E-state index contributed by atoms with van der Waals surface area (Å²) in [7, 11) is 0. The van der Waals surface area contributed by atoms with Crippen LogP contribution < -0.4 is 15.4 Å². The minimum absolute atomic E-state index is 0.0819. The number of fused-ring (bicyclic) bond motifs is 1. The van der Waals surface area contributed by atoms with Crippen molar-refractivity contribution in [3.63, 3.8) is 0 Å². The summed E-state index contributed by atoms with van der Waals surface area (Å²) in [4.78, 5) is 31.7. The molecule has 1 aromatic carbocycles. The topological polar surface area (TPSA) is 128 Å². The van der Waals surface area contributed by atoms with Gasteiger partial charge in [-0.25, -0.2) is 14.4 Å². The lowest BCUT2D eigenvalue weighted by molar-refractivity contribution is -0.159. The molecule has 154 valence electrons. The summed E-state index contributed by atoms with van der Waals surface area (Å²) < 4.78 is 6.01. The van der Waals surface area contributed by atoms with Gasteiger partial charge >= 0.3 is 18.0 Å². The number of amides is 2. The monoisotopic (exact) mass is 393 g/mol. The Kier molecular flexibility index (Phi) is 8.54. The van der Waals surface area contributed by atoms with Crippen LogP contribution in [0.2, 0.25) is 0 Å². The third kappa shape index (κ3) is 7.07. The van der Waals surface area contributed by atoms with Crippen LogP contribution >= 0.6 is 0 Å². The van der Waals surface area contributed by atoms with Crippen LogP contribution in [-0.4, -0.2) is 71.9 Å². The largest absolute Gasteiger partial charge is 0.489 e. The summed E-state index contributed by atoms with van der Waals surface area (Å²) in [5.41, 5.74) is 1.31. The maximum absolute atomic E-state index is 11.6. The van der Waals surface area contributed by atoms with Gasteiger partial charge in [0.15, 0.2) is 0 Å². The maximum Gasteiger partial charge on any atom is 0.414 e. The van der Waals surface area contributed by atoms with Gasteiger partial charge < -0.3 is 30.5 Å². The highest BCUT2D eigenvalue weighted by Gasteiger charge is 2.19. The number of ether oxygens (including phenoxy) is 1. The fourth-order valence-electron chi connectivity index (χ4n) is 3.07. The van der Waals surface area contributed by atoms with Gasteiger partial charge in [-0.15, -0.1) is 0 Å². The van der Waals surface area contributed by atoms with E-state index in [1.54, 1.807) is 0 Å². The second-order valence-electron chi connectivity index (χ2n) is 6.63. The fourth-order valence-corrected chi connectivity index (χ4v) is 3.07. The Morgan fingerprint density at radius 1 is 1.25 bits per heavy atom. The smallest absolute Gasteiger partial charge is 0.414 e. The summed E-state index contributed by atoms with van der Waals surface area (Å²) in [5, 5.41) is 21.1. The molecule has 2 aliphatic rings. The average Bonchev–Trinajstić information content (AvgIpc) is 2.69. The van der Waals surface area contributed by atoms with Crippen LogP contribution in [0.15, 0.2) is 24.3 Å². The molecule has 2 aliphatic heterocycles. The molecule has 9 nitrogen and oxygen atoms in total. The maximum atomic E-state index is 11.6. The number of aryl methyl sites for hydroxylation is 1. The molecule has 0 radical (unpaired) electrons. The van der Waals surface area contributed by atoms with Crippen LogP contribution in [0.5, 0.6) is 5.75 Å². The van der Waals surface area contributed by atoms with E-state index in [1.807, 2.05) is 11.0 Å². The molecule has 3 rings (SSSR count). The van der Waals surface area contributed by atoms with E-state index in [4.69, 9.17) is 24.5 Å². The van der Waals surface area contributed by atoms with Crippen molar-refractivity contribution in [3.05, 3.63) is 29.8 Å². The lowest BCUT2D eigenvalue weighted by Crippen LogP contribution is -2.47. The first-order valence-corrected chi connectivity index (χ1v) is 9.41. The summed E-state index contributed by atoms with van der Waals surface area (Å²) in [5.74, 6) is -2.62. The van der Waals surface area contributed by atoms with E-state index in [0.29, 0.717) is 0 Å². The number of urea groups is 1. The zero-order valence-electron chi connectivity index (χ0n) is 15.7. The zero-order chi connectivity index (χ0) is 20.4. The molecule has 0 aromatic heterocycles. The van der Waals surface area contributed by atoms with E-state index in [-0.39, 0.29) is 12.1 Å². The van der Waals surface area contributed by atoms with Crippen LogP contribution in [0.25, 0.3) is 0 Å². The van der Waals surface area contributed by atoms with E-state index in [9.17, 15) is 4.79 Å². The zero-order valence-corrected chi connectivity index (χ0v) is 15.7. The van der Waals surface area contributed by atoms with E-state index in [2.05, 4.69) is 28.8 Å². The lowest BCUT2D eigenvalue weighted by Gasteiger charge is -2.28. The molecular formula is C19H27N3O6. The van der Waals surface area contributed by atoms with Crippen LogP contribution in [0, 0.1) is 0 Å². The number of rotatable bonds is 6. The highest BCUT2D eigenvalue weighted by atomic mass is 16.5. The quantitative estimate of drug-likeness (QED) is 0.418. The van der Waals surface area contributed by atoms with Crippen LogP contribution in [0.3, 0.4) is 0 Å². The molecule has 1 atom stereocenters. The molecular weight excluding hydrogens is 366 g/mol. The molecule has 0 spiro atoms. The van der Waals surface area contributed by atoms with Crippen molar-refractivity contribution in [2.45, 2.75) is 31.8 Å². The van der Waals surface area contributed by atoms with Crippen LogP contribution in [-0.2, 0) is 16.0 Å². The van der Waals surface area contributed by atoms with Gasteiger partial charge in [0.05, 0.1) is 0 Å². The Morgan fingerprint density at radius 2 is 2.00 bits per heavy atom. The number of carbonyl (C=O) groups is 3. The Labute approximate surface area is 163 Å². The van der Waals surface area contributed by atoms with Crippen LogP contribution in [0.4, 0.5) is 4.79 Å². The van der Waals surface area contributed by atoms with Crippen molar-refractivity contribution in [3.8, 4) is 5.75 Å². The second-order valence-corrected chi connectivity index (χ2v) is 6.63. The molecule has 1 aromatic rings. The molecule has 2 amide bonds. The molecule has 1 saturated heterocycles. The Balaban J connectivity index is 0.000000409. The van der Waals surface area contributed by atoms with Gasteiger partial charge in [0.1, 0.15) is 11.9 Å². The number of nitrogens with one attached hydrogen (secondary N) is 2. The average molecular weight is 393 g/mol. The first-order valence-electron chi connectivity index (χ1n) is 9.41. The number of carboxylic acid groups (broad SMARTS) is 2. The summed E-state index contributed by atoms with van der Waals surface area (Å²) >= 11 is 0. The van der Waals surface area contributed by atoms with Crippen molar-refractivity contribution in [2.75, 3.05) is 32.7 Å². The van der Waals surface area contributed by atoms with E-state index >= 15 is 0 Å². The van der Waals surface area contributed by atoms with Crippen molar-refractivity contribution in [1.29, 1.82) is 0 Å². The van der Waals surface area contributed by atoms with E-state index in [0.717, 1.165) is 64.2 Å². The molecule has 9 heteroatoms. The van der Waals surface area contributed by atoms with Crippen molar-refractivity contribution in [1.82, 2.24) is 15.5 Å². The molecule has 2 heterocycles. The highest BCUT2D eigenvalue weighted by Crippen LogP contribution is 2.26. The number of carbonyl (C=O) groups excluding carboxylic acids is 1. The second kappa shape index (κ2) is 11.1. The summed E-state index contributed by atoms with van der Waals surface area (Å²) in [6, 6.07) is 8.37. The Hall–Kier alpha value is -2.81. The predicted octanol–water partition coefficient (Wildman–Crippen LogP) is 0.931. The molecule has 0 bridgehead atoms. The lowest BCUT2D eigenvalue weighted by atomic mass is 10.0.